The molecule has 2 aliphatic rings. The standard InChI is InChI=1S/C14H24O2/c1-4-10-7-11-8-12(10)13(15)14(11)16-6-5-9(2)3/h4,9-15H,1,5-8H2,2-3H3. The Bertz CT molecular complexity index is 247. The van der Waals surface area contributed by atoms with Gasteiger partial charge >= 0.3 is 0 Å². The van der Waals surface area contributed by atoms with Crippen molar-refractivity contribution in [1.82, 2.24) is 0 Å². The Balaban J connectivity index is 1.83. The molecule has 0 heterocycles. The zero-order chi connectivity index (χ0) is 11.7. The molecule has 5 atom stereocenters. The molecule has 0 saturated heterocycles. The van der Waals surface area contributed by atoms with Gasteiger partial charge in [0.25, 0.3) is 0 Å². The van der Waals surface area contributed by atoms with Gasteiger partial charge in [0, 0.05) is 6.61 Å². The summed E-state index contributed by atoms with van der Waals surface area (Å²) in [7, 11) is 0. The minimum absolute atomic E-state index is 0.0972. The molecule has 1 N–H and O–H groups in total. The van der Waals surface area contributed by atoms with Gasteiger partial charge in [0.2, 0.25) is 0 Å². The summed E-state index contributed by atoms with van der Waals surface area (Å²) in [6.07, 6.45) is 5.24. The highest BCUT2D eigenvalue weighted by Gasteiger charge is 2.51. The van der Waals surface area contributed by atoms with Crippen LogP contribution in [0.4, 0.5) is 0 Å². The molecule has 0 amide bonds. The Morgan fingerprint density at radius 2 is 2.19 bits per heavy atom. The summed E-state index contributed by atoms with van der Waals surface area (Å²) >= 11 is 0. The van der Waals surface area contributed by atoms with Gasteiger partial charge in [0.15, 0.2) is 0 Å². The van der Waals surface area contributed by atoms with Crippen molar-refractivity contribution in [2.45, 2.75) is 45.3 Å². The van der Waals surface area contributed by atoms with Crippen LogP contribution in [0.15, 0.2) is 12.7 Å². The van der Waals surface area contributed by atoms with E-state index in [4.69, 9.17) is 4.74 Å². The van der Waals surface area contributed by atoms with E-state index in [1.54, 1.807) is 0 Å². The number of aliphatic hydroxyl groups excluding tert-OH is 1. The lowest BCUT2D eigenvalue weighted by Gasteiger charge is -2.31. The normalized spacial score (nSPS) is 41.9. The average Bonchev–Trinajstić information content (AvgIpc) is 2.77. The number of allylic oxidation sites excluding steroid dienone is 1. The second-order valence-electron chi connectivity index (χ2n) is 5.80. The van der Waals surface area contributed by atoms with Crippen LogP contribution >= 0.6 is 0 Å². The molecule has 0 aliphatic heterocycles. The van der Waals surface area contributed by atoms with E-state index in [0.717, 1.165) is 25.9 Å². The summed E-state index contributed by atoms with van der Waals surface area (Å²) in [6, 6.07) is 0. The number of fused-ring (bicyclic) bond motifs is 2. The quantitative estimate of drug-likeness (QED) is 0.727. The van der Waals surface area contributed by atoms with Crippen LogP contribution in [0.5, 0.6) is 0 Å². The van der Waals surface area contributed by atoms with Crippen molar-refractivity contribution < 1.29 is 9.84 Å². The third-order valence-electron chi connectivity index (χ3n) is 4.25. The fourth-order valence-electron chi connectivity index (χ4n) is 3.27. The average molecular weight is 224 g/mol. The largest absolute Gasteiger partial charge is 0.390 e. The molecule has 2 heteroatoms. The third-order valence-corrected chi connectivity index (χ3v) is 4.25. The van der Waals surface area contributed by atoms with Crippen LogP contribution in [-0.4, -0.2) is 23.9 Å². The van der Waals surface area contributed by atoms with Crippen molar-refractivity contribution in [3.63, 3.8) is 0 Å². The van der Waals surface area contributed by atoms with E-state index in [9.17, 15) is 5.11 Å². The number of hydrogen-bond acceptors (Lipinski definition) is 2. The van der Waals surface area contributed by atoms with Crippen LogP contribution < -0.4 is 0 Å². The van der Waals surface area contributed by atoms with E-state index in [1.165, 1.54) is 0 Å². The van der Waals surface area contributed by atoms with E-state index in [2.05, 4.69) is 20.4 Å². The van der Waals surface area contributed by atoms with Gasteiger partial charge in [-0.1, -0.05) is 19.9 Å². The maximum absolute atomic E-state index is 10.2. The lowest BCUT2D eigenvalue weighted by Crippen LogP contribution is -2.38. The Morgan fingerprint density at radius 1 is 1.44 bits per heavy atom. The van der Waals surface area contributed by atoms with Crippen molar-refractivity contribution in [2.24, 2.45) is 23.7 Å². The fourth-order valence-corrected chi connectivity index (χ4v) is 3.27. The molecule has 0 aromatic carbocycles. The molecule has 2 bridgehead atoms. The highest BCUT2D eigenvalue weighted by molar-refractivity contribution is 5.06. The molecular formula is C14H24O2. The molecule has 92 valence electrons. The first-order chi connectivity index (χ1) is 7.63. The number of ether oxygens (including phenoxy) is 1. The Kier molecular flexibility index (Phi) is 3.70. The summed E-state index contributed by atoms with van der Waals surface area (Å²) in [5.74, 6) is 2.17. The molecule has 0 aromatic rings. The zero-order valence-electron chi connectivity index (χ0n) is 10.4. The van der Waals surface area contributed by atoms with Gasteiger partial charge in [0.1, 0.15) is 0 Å². The van der Waals surface area contributed by atoms with Crippen LogP contribution in [0, 0.1) is 23.7 Å². The molecule has 2 rings (SSSR count). The van der Waals surface area contributed by atoms with Crippen molar-refractivity contribution in [3.8, 4) is 0 Å². The molecule has 0 aromatic heterocycles. The van der Waals surface area contributed by atoms with Gasteiger partial charge in [0.05, 0.1) is 12.2 Å². The molecule has 2 aliphatic carbocycles. The maximum atomic E-state index is 10.2. The van der Waals surface area contributed by atoms with Crippen molar-refractivity contribution >= 4 is 0 Å². The highest BCUT2D eigenvalue weighted by atomic mass is 16.5. The van der Waals surface area contributed by atoms with Gasteiger partial charge in [-0.15, -0.1) is 6.58 Å². The van der Waals surface area contributed by atoms with Crippen molar-refractivity contribution in [2.75, 3.05) is 6.61 Å². The molecule has 0 radical (unpaired) electrons. The first kappa shape index (κ1) is 12.1. The maximum Gasteiger partial charge on any atom is 0.0865 e. The number of aliphatic hydroxyl groups is 1. The van der Waals surface area contributed by atoms with Crippen LogP contribution in [-0.2, 0) is 4.74 Å². The van der Waals surface area contributed by atoms with E-state index >= 15 is 0 Å². The second-order valence-corrected chi connectivity index (χ2v) is 5.80. The zero-order valence-corrected chi connectivity index (χ0v) is 10.4. The lowest BCUT2D eigenvalue weighted by molar-refractivity contribution is -0.0745. The van der Waals surface area contributed by atoms with Gasteiger partial charge < -0.3 is 9.84 Å². The second kappa shape index (κ2) is 4.89. The van der Waals surface area contributed by atoms with Crippen molar-refractivity contribution in [1.29, 1.82) is 0 Å². The van der Waals surface area contributed by atoms with E-state index < -0.39 is 0 Å². The Labute approximate surface area is 98.7 Å². The Morgan fingerprint density at radius 3 is 2.75 bits per heavy atom. The first-order valence-corrected chi connectivity index (χ1v) is 6.55. The summed E-state index contributed by atoms with van der Waals surface area (Å²) in [5.41, 5.74) is 0. The van der Waals surface area contributed by atoms with Gasteiger partial charge in [-0.3, -0.25) is 0 Å². The molecule has 16 heavy (non-hydrogen) atoms. The molecule has 5 unspecified atom stereocenters. The van der Waals surface area contributed by atoms with Crippen LogP contribution in [0.1, 0.15) is 33.1 Å². The van der Waals surface area contributed by atoms with E-state index in [0.29, 0.717) is 23.7 Å². The highest BCUT2D eigenvalue weighted by Crippen LogP contribution is 2.50. The van der Waals surface area contributed by atoms with Crippen molar-refractivity contribution in [3.05, 3.63) is 12.7 Å². The molecule has 2 saturated carbocycles. The number of hydrogen-bond donors (Lipinski definition) is 1. The van der Waals surface area contributed by atoms with Crippen LogP contribution in [0.25, 0.3) is 0 Å². The van der Waals surface area contributed by atoms with Crippen LogP contribution in [0.2, 0.25) is 0 Å². The topological polar surface area (TPSA) is 29.5 Å². The molecule has 2 nitrogen and oxygen atoms in total. The minimum atomic E-state index is -0.256. The van der Waals surface area contributed by atoms with E-state index in [1.807, 2.05) is 6.08 Å². The third kappa shape index (κ3) is 2.18. The lowest BCUT2D eigenvalue weighted by atomic mass is 9.85. The SMILES string of the molecule is C=CC1CC2CC1C(O)C2OCCC(C)C. The smallest absolute Gasteiger partial charge is 0.0865 e. The number of rotatable bonds is 5. The van der Waals surface area contributed by atoms with E-state index in [-0.39, 0.29) is 12.2 Å². The molecular weight excluding hydrogens is 200 g/mol. The predicted molar refractivity (Wildman–Crippen MR) is 65.1 cm³/mol. The minimum Gasteiger partial charge on any atom is -0.390 e. The van der Waals surface area contributed by atoms with Crippen LogP contribution in [0.3, 0.4) is 0 Å². The fraction of sp³-hybridized carbons (Fsp3) is 0.857. The predicted octanol–water partition coefficient (Wildman–Crippen LogP) is 2.62. The van der Waals surface area contributed by atoms with Gasteiger partial charge in [-0.2, -0.15) is 0 Å². The summed E-state index contributed by atoms with van der Waals surface area (Å²) in [4.78, 5) is 0. The summed E-state index contributed by atoms with van der Waals surface area (Å²) in [6.45, 7) is 9.05. The summed E-state index contributed by atoms with van der Waals surface area (Å²) in [5, 5.41) is 10.2. The summed E-state index contributed by atoms with van der Waals surface area (Å²) < 4.78 is 5.87. The molecule has 0 spiro atoms. The van der Waals surface area contributed by atoms with Gasteiger partial charge in [-0.25, -0.2) is 0 Å². The Hall–Kier alpha value is -0.340. The monoisotopic (exact) mass is 224 g/mol. The molecule has 2 fully saturated rings. The first-order valence-electron chi connectivity index (χ1n) is 6.55. The van der Waals surface area contributed by atoms with Gasteiger partial charge in [-0.05, 0) is 42.9 Å².